The molecule has 1 aliphatic carbocycles. The maximum absolute atomic E-state index is 12.1. The number of hydrogen-bond acceptors (Lipinski definition) is 3. The Hall–Kier alpha value is -1.49. The van der Waals surface area contributed by atoms with E-state index in [1.807, 2.05) is 31.2 Å². The highest BCUT2D eigenvalue weighted by molar-refractivity contribution is 8.00. The van der Waals surface area contributed by atoms with E-state index in [2.05, 4.69) is 24.5 Å². The molecule has 2 rings (SSSR count). The molecule has 1 saturated carbocycles. The molecule has 2 amide bonds. The highest BCUT2D eigenvalue weighted by Gasteiger charge is 2.27. The molecule has 5 heteroatoms. The van der Waals surface area contributed by atoms with Crippen molar-refractivity contribution in [2.45, 2.75) is 46.1 Å². The molecule has 0 spiro atoms. The molecule has 1 aromatic rings. The second-order valence-corrected chi connectivity index (χ2v) is 7.84. The molecule has 0 saturated heterocycles. The molecular weight excluding hydrogens is 320 g/mol. The van der Waals surface area contributed by atoms with Gasteiger partial charge in [0.05, 0.1) is 11.5 Å². The number of thioether (sulfide) groups is 1. The first kappa shape index (κ1) is 18.8. The smallest absolute Gasteiger partial charge is 0.234 e. The lowest BCUT2D eigenvalue weighted by Gasteiger charge is -2.34. The first-order valence-electron chi connectivity index (χ1n) is 8.69. The van der Waals surface area contributed by atoms with Crippen LogP contribution in [0, 0.1) is 18.8 Å². The summed E-state index contributed by atoms with van der Waals surface area (Å²) < 4.78 is 0. The Morgan fingerprint density at radius 1 is 1.17 bits per heavy atom. The second-order valence-electron chi connectivity index (χ2n) is 6.85. The van der Waals surface area contributed by atoms with Crippen molar-refractivity contribution in [3.63, 3.8) is 0 Å². The van der Waals surface area contributed by atoms with Crippen LogP contribution in [0.2, 0.25) is 0 Å². The lowest BCUT2D eigenvalue weighted by Crippen LogP contribution is -2.44. The minimum Gasteiger partial charge on any atom is -0.352 e. The van der Waals surface area contributed by atoms with Crippen molar-refractivity contribution in [3.8, 4) is 0 Å². The Balaban J connectivity index is 1.67. The molecule has 2 N–H and O–H groups in total. The van der Waals surface area contributed by atoms with Crippen molar-refractivity contribution >= 4 is 29.3 Å². The molecule has 0 unspecified atom stereocenters. The Bertz CT molecular complexity index is 576. The fourth-order valence-corrected chi connectivity index (χ4v) is 3.82. The van der Waals surface area contributed by atoms with Crippen LogP contribution in [0.5, 0.6) is 0 Å². The highest BCUT2D eigenvalue weighted by Crippen LogP contribution is 2.29. The van der Waals surface area contributed by atoms with Crippen LogP contribution in [-0.2, 0) is 9.59 Å². The van der Waals surface area contributed by atoms with E-state index in [0.717, 1.165) is 17.7 Å². The summed E-state index contributed by atoms with van der Waals surface area (Å²) in [5.74, 6) is 1.78. The SMILES string of the molecule is Cc1cccc(NC(=O)CSCC(=O)N[C@@H]2CCC[C@@H](C)[C@@H]2C)c1. The molecule has 0 bridgehead atoms. The van der Waals surface area contributed by atoms with Crippen LogP contribution >= 0.6 is 11.8 Å². The normalized spacial score (nSPS) is 23.5. The zero-order chi connectivity index (χ0) is 17.5. The molecule has 1 fully saturated rings. The van der Waals surface area contributed by atoms with E-state index in [9.17, 15) is 9.59 Å². The fraction of sp³-hybridized carbons (Fsp3) is 0.579. The van der Waals surface area contributed by atoms with Crippen molar-refractivity contribution in [2.75, 3.05) is 16.8 Å². The van der Waals surface area contributed by atoms with Crippen molar-refractivity contribution < 1.29 is 9.59 Å². The van der Waals surface area contributed by atoms with Crippen LogP contribution in [0.3, 0.4) is 0 Å². The molecule has 132 valence electrons. The van der Waals surface area contributed by atoms with Gasteiger partial charge in [-0.15, -0.1) is 11.8 Å². The molecular formula is C19H28N2O2S. The molecule has 1 aliphatic rings. The Kier molecular flexibility index (Phi) is 7.16. The standard InChI is InChI=1S/C19H28N2O2S/c1-13-6-4-8-16(10-13)20-18(22)11-24-12-19(23)21-17-9-5-7-14(2)15(17)3/h4,6,8,10,14-15,17H,5,7,9,11-12H2,1-3H3,(H,20,22)(H,21,23)/t14-,15+,17-/m1/s1. The van der Waals surface area contributed by atoms with Crippen LogP contribution in [-0.4, -0.2) is 29.4 Å². The monoisotopic (exact) mass is 348 g/mol. The summed E-state index contributed by atoms with van der Waals surface area (Å²) in [5.41, 5.74) is 1.91. The second kappa shape index (κ2) is 9.11. The van der Waals surface area contributed by atoms with Gasteiger partial charge in [-0.3, -0.25) is 9.59 Å². The quantitative estimate of drug-likeness (QED) is 0.826. The number of nitrogens with one attached hydrogen (secondary N) is 2. The van der Waals surface area contributed by atoms with Crippen molar-refractivity contribution in [2.24, 2.45) is 11.8 Å². The summed E-state index contributed by atoms with van der Waals surface area (Å²) in [7, 11) is 0. The number of carbonyl (C=O) groups excluding carboxylic acids is 2. The number of rotatable bonds is 6. The predicted molar refractivity (Wildman–Crippen MR) is 101 cm³/mol. The van der Waals surface area contributed by atoms with E-state index in [4.69, 9.17) is 0 Å². The maximum atomic E-state index is 12.1. The topological polar surface area (TPSA) is 58.2 Å². The van der Waals surface area contributed by atoms with Gasteiger partial charge >= 0.3 is 0 Å². The third-order valence-corrected chi connectivity index (χ3v) is 5.75. The molecule has 0 aromatic heterocycles. The first-order chi connectivity index (χ1) is 11.5. The van der Waals surface area contributed by atoms with Gasteiger partial charge in [-0.05, 0) is 42.9 Å². The predicted octanol–water partition coefficient (Wildman–Crippen LogP) is 3.61. The van der Waals surface area contributed by atoms with Crippen LogP contribution in [0.25, 0.3) is 0 Å². The van der Waals surface area contributed by atoms with Gasteiger partial charge < -0.3 is 10.6 Å². The van der Waals surface area contributed by atoms with Gasteiger partial charge in [0.15, 0.2) is 0 Å². The first-order valence-corrected chi connectivity index (χ1v) is 9.85. The number of amides is 2. The summed E-state index contributed by atoms with van der Waals surface area (Å²) in [5, 5.41) is 6.00. The number of benzene rings is 1. The Morgan fingerprint density at radius 3 is 2.67 bits per heavy atom. The Morgan fingerprint density at radius 2 is 1.92 bits per heavy atom. The van der Waals surface area contributed by atoms with Crippen molar-refractivity contribution in [3.05, 3.63) is 29.8 Å². The molecule has 0 aliphatic heterocycles. The average molecular weight is 349 g/mol. The van der Waals surface area contributed by atoms with Crippen LogP contribution in [0.1, 0.15) is 38.7 Å². The third kappa shape index (κ3) is 5.86. The van der Waals surface area contributed by atoms with Gasteiger partial charge in [0.25, 0.3) is 0 Å². The van der Waals surface area contributed by atoms with Gasteiger partial charge in [-0.25, -0.2) is 0 Å². The minimum atomic E-state index is -0.0712. The van der Waals surface area contributed by atoms with Crippen molar-refractivity contribution in [1.29, 1.82) is 0 Å². The molecule has 3 atom stereocenters. The fourth-order valence-electron chi connectivity index (χ4n) is 3.19. The van der Waals surface area contributed by atoms with Gasteiger partial charge in [0.1, 0.15) is 0 Å². The summed E-state index contributed by atoms with van der Waals surface area (Å²) >= 11 is 1.36. The van der Waals surface area contributed by atoms with Crippen LogP contribution in [0.15, 0.2) is 24.3 Å². The third-order valence-electron chi connectivity index (χ3n) is 4.82. The van der Waals surface area contributed by atoms with Gasteiger partial charge in [0.2, 0.25) is 11.8 Å². The number of carbonyl (C=O) groups is 2. The number of hydrogen-bond donors (Lipinski definition) is 2. The van der Waals surface area contributed by atoms with E-state index >= 15 is 0 Å². The summed E-state index contributed by atoms with van der Waals surface area (Å²) in [6, 6.07) is 7.98. The summed E-state index contributed by atoms with van der Waals surface area (Å²) in [4.78, 5) is 24.0. The largest absolute Gasteiger partial charge is 0.352 e. The van der Waals surface area contributed by atoms with Gasteiger partial charge in [0, 0.05) is 11.7 Å². The van der Waals surface area contributed by atoms with Crippen molar-refractivity contribution in [1.82, 2.24) is 5.32 Å². The lowest BCUT2D eigenvalue weighted by molar-refractivity contribution is -0.120. The maximum Gasteiger partial charge on any atom is 0.234 e. The summed E-state index contributed by atoms with van der Waals surface area (Å²) in [6.07, 6.45) is 3.50. The molecule has 0 heterocycles. The molecule has 24 heavy (non-hydrogen) atoms. The number of aryl methyl sites for hydroxylation is 1. The van der Waals surface area contributed by atoms with Crippen LogP contribution < -0.4 is 10.6 Å². The molecule has 1 aromatic carbocycles. The minimum absolute atomic E-state index is 0.0364. The average Bonchev–Trinajstić information content (AvgIpc) is 2.52. The van der Waals surface area contributed by atoms with Crippen LogP contribution in [0.4, 0.5) is 5.69 Å². The van der Waals surface area contributed by atoms with Gasteiger partial charge in [-0.2, -0.15) is 0 Å². The molecule has 0 radical (unpaired) electrons. The van der Waals surface area contributed by atoms with E-state index < -0.39 is 0 Å². The van der Waals surface area contributed by atoms with E-state index in [-0.39, 0.29) is 23.6 Å². The summed E-state index contributed by atoms with van der Waals surface area (Å²) in [6.45, 7) is 6.46. The van der Waals surface area contributed by atoms with E-state index in [1.165, 1.54) is 24.6 Å². The zero-order valence-electron chi connectivity index (χ0n) is 14.8. The zero-order valence-corrected chi connectivity index (χ0v) is 15.6. The highest BCUT2D eigenvalue weighted by atomic mass is 32.2. The van der Waals surface area contributed by atoms with Gasteiger partial charge in [-0.1, -0.05) is 38.8 Å². The Labute approximate surface area is 149 Å². The van der Waals surface area contributed by atoms with E-state index in [0.29, 0.717) is 17.6 Å². The number of anilines is 1. The lowest BCUT2D eigenvalue weighted by atomic mass is 9.78. The molecule has 4 nitrogen and oxygen atoms in total. The van der Waals surface area contributed by atoms with E-state index in [1.54, 1.807) is 0 Å².